The summed E-state index contributed by atoms with van der Waals surface area (Å²) in [5.74, 6) is -0.970. The lowest BCUT2D eigenvalue weighted by Crippen LogP contribution is -2.50. The minimum atomic E-state index is -1.11. The standard InChI is InChI=1S/C13H19FN2O3/c1-13(12(15)17,8-11(18-2)19-3)16-10-6-4-5-9(14)7-10/h4-7,11,16H,8H2,1-3H3,(H2,15,17). The van der Waals surface area contributed by atoms with E-state index in [0.717, 1.165) is 0 Å². The van der Waals surface area contributed by atoms with Gasteiger partial charge in [0.15, 0.2) is 6.29 Å². The van der Waals surface area contributed by atoms with Crippen LogP contribution in [0, 0.1) is 5.82 Å². The monoisotopic (exact) mass is 270 g/mol. The number of nitrogens with two attached hydrogens (primary N) is 1. The molecule has 0 spiro atoms. The van der Waals surface area contributed by atoms with Crippen LogP contribution >= 0.6 is 0 Å². The molecule has 3 N–H and O–H groups in total. The van der Waals surface area contributed by atoms with E-state index in [1.165, 1.54) is 26.4 Å². The van der Waals surface area contributed by atoms with Gasteiger partial charge in [-0.2, -0.15) is 0 Å². The molecule has 106 valence electrons. The molecule has 0 aliphatic heterocycles. The van der Waals surface area contributed by atoms with Gasteiger partial charge in [0.05, 0.1) is 0 Å². The number of halogens is 1. The molecule has 0 fully saturated rings. The van der Waals surface area contributed by atoms with Crippen molar-refractivity contribution in [2.45, 2.75) is 25.2 Å². The predicted octanol–water partition coefficient (Wildman–Crippen LogP) is 1.49. The first kappa shape index (κ1) is 15.4. The molecule has 0 saturated heterocycles. The van der Waals surface area contributed by atoms with Gasteiger partial charge in [0.1, 0.15) is 11.4 Å². The summed E-state index contributed by atoms with van der Waals surface area (Å²) < 4.78 is 23.3. The highest BCUT2D eigenvalue weighted by Crippen LogP contribution is 2.22. The quantitative estimate of drug-likeness (QED) is 0.736. The van der Waals surface area contributed by atoms with Crippen molar-refractivity contribution in [3.8, 4) is 0 Å². The van der Waals surface area contributed by atoms with Gasteiger partial charge in [-0.25, -0.2) is 4.39 Å². The van der Waals surface area contributed by atoms with Gasteiger partial charge in [-0.15, -0.1) is 0 Å². The molecule has 0 aliphatic rings. The lowest BCUT2D eigenvalue weighted by atomic mass is 9.96. The molecule has 0 aliphatic carbocycles. The highest BCUT2D eigenvalue weighted by atomic mass is 19.1. The van der Waals surface area contributed by atoms with Crippen LogP contribution in [0.1, 0.15) is 13.3 Å². The summed E-state index contributed by atoms with van der Waals surface area (Å²) in [6.07, 6.45) is -0.384. The van der Waals surface area contributed by atoms with Crippen molar-refractivity contribution < 1.29 is 18.7 Å². The van der Waals surface area contributed by atoms with Gasteiger partial charge in [-0.1, -0.05) is 6.07 Å². The molecule has 0 heterocycles. The second kappa shape index (κ2) is 6.49. The molecule has 0 bridgehead atoms. The maximum absolute atomic E-state index is 13.1. The minimum Gasteiger partial charge on any atom is -0.371 e. The van der Waals surface area contributed by atoms with Crippen molar-refractivity contribution in [1.82, 2.24) is 0 Å². The van der Waals surface area contributed by atoms with E-state index >= 15 is 0 Å². The molecule has 1 rings (SSSR count). The van der Waals surface area contributed by atoms with E-state index in [0.29, 0.717) is 5.69 Å². The summed E-state index contributed by atoms with van der Waals surface area (Å²) in [4.78, 5) is 11.6. The minimum absolute atomic E-state index is 0.200. The van der Waals surface area contributed by atoms with Crippen molar-refractivity contribution in [1.29, 1.82) is 0 Å². The molecule has 6 heteroatoms. The number of anilines is 1. The third-order valence-corrected chi connectivity index (χ3v) is 2.89. The summed E-state index contributed by atoms with van der Waals surface area (Å²) in [6, 6.07) is 5.80. The number of benzene rings is 1. The zero-order valence-electron chi connectivity index (χ0n) is 11.3. The Morgan fingerprint density at radius 3 is 2.58 bits per heavy atom. The number of carbonyl (C=O) groups excluding carboxylic acids is 1. The molecule has 0 aromatic heterocycles. The van der Waals surface area contributed by atoms with E-state index in [-0.39, 0.29) is 6.42 Å². The maximum atomic E-state index is 13.1. The van der Waals surface area contributed by atoms with Crippen LogP contribution in [0.3, 0.4) is 0 Å². The fourth-order valence-electron chi connectivity index (χ4n) is 1.69. The van der Waals surface area contributed by atoms with E-state index in [1.807, 2.05) is 0 Å². The molecular weight excluding hydrogens is 251 g/mol. The van der Waals surface area contributed by atoms with Crippen LogP contribution in [-0.2, 0) is 14.3 Å². The number of methoxy groups -OCH3 is 2. The smallest absolute Gasteiger partial charge is 0.243 e. The fraction of sp³-hybridized carbons (Fsp3) is 0.462. The summed E-state index contributed by atoms with van der Waals surface area (Å²) in [5, 5.41) is 2.92. The molecular formula is C13H19FN2O3. The van der Waals surface area contributed by atoms with E-state index in [1.54, 1.807) is 19.1 Å². The Bertz CT molecular complexity index is 438. The Hall–Kier alpha value is -1.66. The second-order valence-corrected chi connectivity index (χ2v) is 4.44. The lowest BCUT2D eigenvalue weighted by molar-refractivity contribution is -0.134. The van der Waals surface area contributed by atoms with Crippen molar-refractivity contribution in [3.05, 3.63) is 30.1 Å². The molecule has 5 nitrogen and oxygen atoms in total. The van der Waals surface area contributed by atoms with E-state index in [9.17, 15) is 9.18 Å². The largest absolute Gasteiger partial charge is 0.371 e. The van der Waals surface area contributed by atoms with Gasteiger partial charge in [-0.3, -0.25) is 4.79 Å². The van der Waals surface area contributed by atoms with Gasteiger partial charge in [0.2, 0.25) is 5.91 Å². The van der Waals surface area contributed by atoms with E-state index < -0.39 is 23.6 Å². The number of primary amides is 1. The predicted molar refractivity (Wildman–Crippen MR) is 70.0 cm³/mol. The molecule has 1 aromatic rings. The topological polar surface area (TPSA) is 73.6 Å². The normalized spacial score (nSPS) is 14.2. The summed E-state index contributed by atoms with van der Waals surface area (Å²) in [7, 11) is 2.94. The number of nitrogens with one attached hydrogen (secondary N) is 1. The summed E-state index contributed by atoms with van der Waals surface area (Å²) in [6.45, 7) is 1.62. The molecule has 1 amide bonds. The molecule has 1 aromatic carbocycles. The average molecular weight is 270 g/mol. The average Bonchev–Trinajstić information content (AvgIpc) is 2.35. The van der Waals surface area contributed by atoms with Crippen molar-refractivity contribution >= 4 is 11.6 Å². The second-order valence-electron chi connectivity index (χ2n) is 4.44. The van der Waals surface area contributed by atoms with Crippen LogP contribution in [0.15, 0.2) is 24.3 Å². The number of ether oxygens (including phenoxy) is 2. The molecule has 19 heavy (non-hydrogen) atoms. The number of hydrogen-bond acceptors (Lipinski definition) is 4. The zero-order valence-corrected chi connectivity index (χ0v) is 11.3. The molecule has 0 radical (unpaired) electrons. The SMILES string of the molecule is COC(CC(C)(Nc1cccc(F)c1)C(N)=O)OC. The van der Waals surface area contributed by atoms with Gasteiger partial charge in [0.25, 0.3) is 0 Å². The van der Waals surface area contributed by atoms with Gasteiger partial charge < -0.3 is 20.5 Å². The molecule has 1 atom stereocenters. The third-order valence-electron chi connectivity index (χ3n) is 2.89. The van der Waals surface area contributed by atoms with Crippen molar-refractivity contribution in [2.75, 3.05) is 19.5 Å². The summed E-state index contributed by atoms with van der Waals surface area (Å²) in [5.41, 5.74) is 4.77. The Balaban J connectivity index is 2.90. The highest BCUT2D eigenvalue weighted by molar-refractivity contribution is 5.87. The number of carbonyl (C=O) groups is 1. The fourth-order valence-corrected chi connectivity index (χ4v) is 1.69. The Morgan fingerprint density at radius 1 is 1.47 bits per heavy atom. The van der Waals surface area contributed by atoms with Crippen LogP contribution in [0.4, 0.5) is 10.1 Å². The first-order valence-electron chi connectivity index (χ1n) is 5.80. The van der Waals surface area contributed by atoms with Crippen LogP contribution < -0.4 is 11.1 Å². The van der Waals surface area contributed by atoms with Gasteiger partial charge >= 0.3 is 0 Å². The Kier molecular flexibility index (Phi) is 5.26. The van der Waals surface area contributed by atoms with E-state index in [2.05, 4.69) is 5.32 Å². The number of rotatable bonds is 7. The van der Waals surface area contributed by atoms with Gasteiger partial charge in [0, 0.05) is 26.3 Å². The van der Waals surface area contributed by atoms with Crippen LogP contribution in [0.25, 0.3) is 0 Å². The third kappa shape index (κ3) is 4.18. The van der Waals surface area contributed by atoms with E-state index in [4.69, 9.17) is 15.2 Å². The zero-order chi connectivity index (χ0) is 14.5. The number of amides is 1. The van der Waals surface area contributed by atoms with Crippen molar-refractivity contribution in [3.63, 3.8) is 0 Å². The van der Waals surface area contributed by atoms with Crippen LogP contribution in [-0.4, -0.2) is 32.0 Å². The van der Waals surface area contributed by atoms with Crippen molar-refractivity contribution in [2.24, 2.45) is 5.73 Å². The Labute approximate surface area is 111 Å². The van der Waals surface area contributed by atoms with Gasteiger partial charge in [-0.05, 0) is 25.1 Å². The Morgan fingerprint density at radius 2 is 2.11 bits per heavy atom. The first-order chi connectivity index (χ1) is 8.91. The van der Waals surface area contributed by atoms with Crippen LogP contribution in [0.5, 0.6) is 0 Å². The maximum Gasteiger partial charge on any atom is 0.243 e. The highest BCUT2D eigenvalue weighted by Gasteiger charge is 2.34. The number of hydrogen-bond donors (Lipinski definition) is 2. The molecule has 0 saturated carbocycles. The van der Waals surface area contributed by atoms with Crippen LogP contribution in [0.2, 0.25) is 0 Å². The first-order valence-corrected chi connectivity index (χ1v) is 5.80. The molecule has 1 unspecified atom stereocenters. The lowest BCUT2D eigenvalue weighted by Gasteiger charge is -2.31. The summed E-state index contributed by atoms with van der Waals surface area (Å²) >= 11 is 0.